The molecule has 0 spiro atoms. The van der Waals surface area contributed by atoms with Gasteiger partial charge in [-0.25, -0.2) is 0 Å². The van der Waals surface area contributed by atoms with Crippen LogP contribution in [0.15, 0.2) is 11.6 Å². The third-order valence-corrected chi connectivity index (χ3v) is 7.51. The lowest BCUT2D eigenvalue weighted by Gasteiger charge is -2.36. The van der Waals surface area contributed by atoms with Crippen molar-refractivity contribution in [3.8, 4) is 17.2 Å². The van der Waals surface area contributed by atoms with Crippen LogP contribution in [0.25, 0.3) is 5.76 Å². The minimum absolute atomic E-state index is 0.0357. The van der Waals surface area contributed by atoms with E-state index >= 15 is 0 Å². The summed E-state index contributed by atoms with van der Waals surface area (Å²) in [5.41, 5.74) is 2.78. The lowest BCUT2D eigenvalue weighted by molar-refractivity contribution is 0.100. The number of hydrogen-bond acceptors (Lipinski definition) is 9. The number of carbonyl (C=O) groups is 2. The zero-order chi connectivity index (χ0) is 29.1. The van der Waals surface area contributed by atoms with Gasteiger partial charge in [0.15, 0.2) is 17.3 Å². The first-order chi connectivity index (χ1) is 18.1. The van der Waals surface area contributed by atoms with E-state index in [4.69, 9.17) is 0 Å². The smallest absolute Gasteiger partial charge is 0.197 e. The lowest BCUT2D eigenvalue weighted by Crippen LogP contribution is -2.32. The molecule has 0 unspecified atom stereocenters. The first kappa shape index (κ1) is 28.3. The number of allylic oxidation sites excluding steroid dienone is 1. The third kappa shape index (κ3) is 4.69. The van der Waals surface area contributed by atoms with Crippen molar-refractivity contribution < 1.29 is 30.0 Å². The molecule has 0 aliphatic heterocycles. The van der Waals surface area contributed by atoms with Gasteiger partial charge in [0, 0.05) is 58.1 Å². The van der Waals surface area contributed by atoms with E-state index in [1.165, 1.54) is 6.92 Å². The van der Waals surface area contributed by atoms with Crippen LogP contribution in [0, 0.1) is 11.3 Å². The summed E-state index contributed by atoms with van der Waals surface area (Å²) in [4.78, 5) is 29.8. The fraction of sp³-hybridized carbons (Fsp3) is 0.467. The summed E-state index contributed by atoms with van der Waals surface area (Å²) >= 11 is 0. The number of nitrogens with one attached hydrogen (secondary N) is 1. The van der Waals surface area contributed by atoms with Gasteiger partial charge in [0.05, 0.1) is 16.8 Å². The van der Waals surface area contributed by atoms with E-state index in [2.05, 4.69) is 26.1 Å². The number of hydrogen-bond donors (Lipinski definition) is 5. The Labute approximate surface area is 229 Å². The fourth-order valence-electron chi connectivity index (χ4n) is 5.86. The minimum atomic E-state index is -0.616. The van der Waals surface area contributed by atoms with Crippen LogP contribution in [0.1, 0.15) is 70.7 Å². The number of Topliss-reactive ketones (excluding diaryl/α,β-unsaturated/α-hetero) is 2. The molecule has 1 atom stereocenters. The van der Waals surface area contributed by atoms with E-state index < -0.39 is 23.2 Å². The van der Waals surface area contributed by atoms with Gasteiger partial charge in [-0.1, -0.05) is 20.8 Å². The second-order valence-corrected chi connectivity index (χ2v) is 12.2. The molecule has 0 heterocycles. The molecule has 0 radical (unpaired) electrons. The predicted molar refractivity (Wildman–Crippen MR) is 152 cm³/mol. The molecule has 5 N–H and O–H groups in total. The van der Waals surface area contributed by atoms with Crippen LogP contribution < -0.4 is 15.1 Å². The van der Waals surface area contributed by atoms with Crippen LogP contribution >= 0.6 is 0 Å². The average molecular weight is 538 g/mol. The molecule has 9 heteroatoms. The molecule has 0 fully saturated rings. The zero-order valence-corrected chi connectivity index (χ0v) is 24.0. The van der Waals surface area contributed by atoms with Crippen LogP contribution in [0.3, 0.4) is 0 Å². The SMILES string of the molecule is CC(=O)c1c(O)c2c(c(N(C)C)c1O)C[C@@H]1Cc3c(N(C)C)cc(CNCC(C)(C)C)c(O)c3C(O)=C1C2=O. The van der Waals surface area contributed by atoms with E-state index in [0.29, 0.717) is 36.3 Å². The van der Waals surface area contributed by atoms with Crippen LogP contribution in [-0.2, 0) is 19.4 Å². The average Bonchev–Trinajstić information content (AvgIpc) is 2.78. The Bertz CT molecular complexity index is 1420. The number of rotatable bonds is 6. The summed E-state index contributed by atoms with van der Waals surface area (Å²) in [6.45, 7) is 8.61. The number of carbonyl (C=O) groups excluding carboxylic acids is 2. The Morgan fingerprint density at radius 3 is 2.10 bits per heavy atom. The third-order valence-electron chi connectivity index (χ3n) is 7.51. The summed E-state index contributed by atoms with van der Waals surface area (Å²) < 4.78 is 0. The quantitative estimate of drug-likeness (QED) is 0.345. The van der Waals surface area contributed by atoms with Gasteiger partial charge < -0.3 is 35.5 Å². The number of phenols is 3. The van der Waals surface area contributed by atoms with E-state index in [9.17, 15) is 30.0 Å². The maximum Gasteiger partial charge on any atom is 0.197 e. The highest BCUT2D eigenvalue weighted by atomic mass is 16.3. The van der Waals surface area contributed by atoms with Crippen LogP contribution in [0.4, 0.5) is 11.4 Å². The number of fused-ring (bicyclic) bond motifs is 3. The normalized spacial score (nSPS) is 16.5. The molecule has 0 saturated carbocycles. The topological polar surface area (TPSA) is 134 Å². The van der Waals surface area contributed by atoms with Crippen molar-refractivity contribution in [1.82, 2.24) is 5.32 Å². The maximum absolute atomic E-state index is 14.0. The van der Waals surface area contributed by atoms with Crippen LogP contribution in [0.5, 0.6) is 17.2 Å². The first-order valence-corrected chi connectivity index (χ1v) is 13.1. The Balaban J connectivity index is 1.94. The first-order valence-electron chi connectivity index (χ1n) is 13.1. The van der Waals surface area contributed by atoms with Crippen molar-refractivity contribution in [3.05, 3.63) is 45.0 Å². The van der Waals surface area contributed by atoms with Crippen molar-refractivity contribution in [3.63, 3.8) is 0 Å². The Kier molecular flexibility index (Phi) is 7.10. The number of aliphatic hydroxyl groups excluding tert-OH is 1. The largest absolute Gasteiger partial charge is 0.507 e. The second kappa shape index (κ2) is 9.79. The second-order valence-electron chi connectivity index (χ2n) is 12.2. The van der Waals surface area contributed by atoms with Gasteiger partial charge in [0.1, 0.15) is 22.8 Å². The minimum Gasteiger partial charge on any atom is -0.507 e. The summed E-state index contributed by atoms with van der Waals surface area (Å²) in [5.74, 6) is -3.03. The van der Waals surface area contributed by atoms with Crippen molar-refractivity contribution in [2.45, 2.75) is 47.1 Å². The van der Waals surface area contributed by atoms with E-state index in [0.717, 1.165) is 11.3 Å². The van der Waals surface area contributed by atoms with Gasteiger partial charge in [-0.15, -0.1) is 0 Å². The molecule has 9 nitrogen and oxygen atoms in total. The predicted octanol–water partition coefficient (Wildman–Crippen LogP) is 4.15. The van der Waals surface area contributed by atoms with Crippen molar-refractivity contribution in [2.75, 3.05) is 44.5 Å². The Morgan fingerprint density at radius 2 is 1.56 bits per heavy atom. The van der Waals surface area contributed by atoms with Crippen molar-refractivity contribution >= 4 is 28.7 Å². The van der Waals surface area contributed by atoms with Gasteiger partial charge in [-0.05, 0) is 48.3 Å². The molecular weight excluding hydrogens is 498 g/mol. The van der Waals surface area contributed by atoms with E-state index in [1.54, 1.807) is 19.0 Å². The number of aliphatic hydroxyl groups is 1. The molecule has 0 saturated heterocycles. The molecule has 39 heavy (non-hydrogen) atoms. The van der Waals surface area contributed by atoms with E-state index in [1.807, 2.05) is 25.1 Å². The van der Waals surface area contributed by atoms with Crippen molar-refractivity contribution in [2.24, 2.45) is 11.3 Å². The van der Waals surface area contributed by atoms with Gasteiger partial charge in [-0.2, -0.15) is 0 Å². The van der Waals surface area contributed by atoms with Crippen molar-refractivity contribution in [1.29, 1.82) is 0 Å². The number of ketones is 2. The molecule has 210 valence electrons. The van der Waals surface area contributed by atoms with Gasteiger partial charge in [0.2, 0.25) is 0 Å². The van der Waals surface area contributed by atoms with Gasteiger partial charge >= 0.3 is 0 Å². The van der Waals surface area contributed by atoms with Crippen LogP contribution in [0.2, 0.25) is 0 Å². The summed E-state index contributed by atoms with van der Waals surface area (Å²) in [5, 5.41) is 48.2. The van der Waals surface area contributed by atoms with Gasteiger partial charge in [-0.3, -0.25) is 9.59 Å². The highest BCUT2D eigenvalue weighted by Gasteiger charge is 2.43. The zero-order valence-electron chi connectivity index (χ0n) is 24.0. The van der Waals surface area contributed by atoms with Crippen LogP contribution in [-0.4, -0.2) is 66.7 Å². The number of phenolic OH excluding ortho intramolecular Hbond substituents is 3. The molecular formula is C30H39N3O6. The fourth-order valence-corrected chi connectivity index (χ4v) is 5.86. The summed E-state index contributed by atoms with van der Waals surface area (Å²) in [7, 11) is 7.16. The van der Waals surface area contributed by atoms with E-state index in [-0.39, 0.29) is 51.4 Å². The molecule has 0 amide bonds. The molecule has 4 rings (SSSR count). The number of benzene rings is 2. The monoisotopic (exact) mass is 537 g/mol. The standard InChI is InChI=1S/C30H39N3O6/c1-14(34)20-26(36)23-18(24(29(20)39)33(7)8)10-15-9-17-19(32(5)6)11-16(12-31-13-30(2,3)4)25(35)22(17)27(37)21(15)28(23)38/h11,15,31,35-37,39H,9-10,12-13H2,1-8H3/t15-/m0/s1. The number of aromatic hydroxyl groups is 3. The molecule has 2 aromatic rings. The summed E-state index contributed by atoms with van der Waals surface area (Å²) in [6, 6.07) is 1.91. The highest BCUT2D eigenvalue weighted by molar-refractivity contribution is 6.20. The lowest BCUT2D eigenvalue weighted by atomic mass is 9.69. The number of nitrogens with zero attached hydrogens (tertiary/aromatic N) is 2. The molecule has 0 aromatic heterocycles. The molecule has 2 aromatic carbocycles. The Morgan fingerprint density at radius 1 is 0.949 bits per heavy atom. The number of anilines is 2. The Hall–Kier alpha value is -3.72. The maximum atomic E-state index is 14.0. The highest BCUT2D eigenvalue weighted by Crippen LogP contribution is 2.52. The molecule has 0 bridgehead atoms. The molecule has 2 aliphatic carbocycles. The summed E-state index contributed by atoms with van der Waals surface area (Å²) in [6.07, 6.45) is 0.606. The molecule has 2 aliphatic rings. The van der Waals surface area contributed by atoms with Gasteiger partial charge in [0.25, 0.3) is 0 Å².